The molecule has 0 amide bonds. The molecule has 0 bridgehead atoms. The zero-order chi connectivity index (χ0) is 9.52. The SMILES string of the molecule is CC(C)=COCC1CCCCCS1. The van der Waals surface area contributed by atoms with Gasteiger partial charge in [-0.1, -0.05) is 12.8 Å². The molecule has 0 aromatic carbocycles. The summed E-state index contributed by atoms with van der Waals surface area (Å²) in [5.41, 5.74) is 1.25. The van der Waals surface area contributed by atoms with Crippen LogP contribution in [0.3, 0.4) is 0 Å². The molecular formula is C11H20OS. The van der Waals surface area contributed by atoms with Crippen molar-refractivity contribution in [3.8, 4) is 0 Å². The van der Waals surface area contributed by atoms with Gasteiger partial charge >= 0.3 is 0 Å². The molecule has 1 aliphatic rings. The van der Waals surface area contributed by atoms with Gasteiger partial charge in [0.2, 0.25) is 0 Å². The maximum Gasteiger partial charge on any atom is 0.0991 e. The summed E-state index contributed by atoms with van der Waals surface area (Å²) in [7, 11) is 0. The second-order valence-electron chi connectivity index (χ2n) is 3.87. The Kier molecular flexibility index (Phi) is 5.37. The largest absolute Gasteiger partial charge is 0.500 e. The van der Waals surface area contributed by atoms with Crippen molar-refractivity contribution in [1.29, 1.82) is 0 Å². The molecule has 1 aliphatic heterocycles. The lowest BCUT2D eigenvalue weighted by Gasteiger charge is -2.12. The first-order chi connectivity index (χ1) is 6.29. The van der Waals surface area contributed by atoms with E-state index in [-0.39, 0.29) is 0 Å². The fourth-order valence-corrected chi connectivity index (χ4v) is 2.65. The van der Waals surface area contributed by atoms with Gasteiger partial charge in [-0.25, -0.2) is 0 Å². The van der Waals surface area contributed by atoms with Crippen LogP contribution in [-0.4, -0.2) is 17.6 Å². The van der Waals surface area contributed by atoms with Gasteiger partial charge in [-0.05, 0) is 38.0 Å². The molecule has 0 radical (unpaired) electrons. The van der Waals surface area contributed by atoms with Crippen LogP contribution in [0.5, 0.6) is 0 Å². The van der Waals surface area contributed by atoms with Crippen LogP contribution in [-0.2, 0) is 4.74 Å². The molecule has 0 aromatic heterocycles. The summed E-state index contributed by atoms with van der Waals surface area (Å²) < 4.78 is 5.51. The molecule has 0 spiro atoms. The van der Waals surface area contributed by atoms with E-state index in [2.05, 4.69) is 25.6 Å². The van der Waals surface area contributed by atoms with Crippen molar-refractivity contribution >= 4 is 11.8 Å². The average molecular weight is 200 g/mol. The maximum atomic E-state index is 5.51. The molecule has 0 N–H and O–H groups in total. The van der Waals surface area contributed by atoms with Gasteiger partial charge in [-0.2, -0.15) is 11.8 Å². The Morgan fingerprint density at radius 1 is 1.38 bits per heavy atom. The lowest BCUT2D eigenvalue weighted by atomic mass is 10.2. The van der Waals surface area contributed by atoms with Crippen LogP contribution in [0.25, 0.3) is 0 Å². The molecule has 1 heterocycles. The van der Waals surface area contributed by atoms with Gasteiger partial charge in [0.25, 0.3) is 0 Å². The summed E-state index contributed by atoms with van der Waals surface area (Å²) in [6.45, 7) is 5.04. The number of thioether (sulfide) groups is 1. The van der Waals surface area contributed by atoms with Gasteiger partial charge in [0.05, 0.1) is 12.9 Å². The molecule has 0 aromatic rings. The normalized spacial score (nSPS) is 23.4. The number of allylic oxidation sites excluding steroid dienone is 1. The summed E-state index contributed by atoms with van der Waals surface area (Å²) in [4.78, 5) is 0. The highest BCUT2D eigenvalue weighted by molar-refractivity contribution is 7.99. The lowest BCUT2D eigenvalue weighted by molar-refractivity contribution is 0.243. The molecule has 0 saturated carbocycles. The highest BCUT2D eigenvalue weighted by Gasteiger charge is 2.12. The molecule has 1 atom stereocenters. The van der Waals surface area contributed by atoms with Crippen LogP contribution in [0.1, 0.15) is 39.5 Å². The van der Waals surface area contributed by atoms with E-state index in [1.165, 1.54) is 37.0 Å². The third-order valence-electron chi connectivity index (χ3n) is 2.13. The lowest BCUT2D eigenvalue weighted by Crippen LogP contribution is -2.09. The molecule has 1 fully saturated rings. The molecule has 76 valence electrons. The van der Waals surface area contributed by atoms with E-state index in [0.29, 0.717) is 0 Å². The smallest absolute Gasteiger partial charge is 0.0991 e. The van der Waals surface area contributed by atoms with Gasteiger partial charge in [-0.3, -0.25) is 0 Å². The van der Waals surface area contributed by atoms with E-state index in [1.807, 2.05) is 6.26 Å². The molecule has 0 aliphatic carbocycles. The topological polar surface area (TPSA) is 9.23 Å². The Labute approximate surface area is 85.9 Å². The zero-order valence-corrected chi connectivity index (χ0v) is 9.53. The third kappa shape index (κ3) is 5.25. The second kappa shape index (κ2) is 6.36. The Bertz CT molecular complexity index is 153. The molecule has 1 rings (SSSR count). The summed E-state index contributed by atoms with van der Waals surface area (Å²) in [6, 6.07) is 0. The Morgan fingerprint density at radius 2 is 2.23 bits per heavy atom. The van der Waals surface area contributed by atoms with Gasteiger partial charge < -0.3 is 4.74 Å². The first-order valence-corrected chi connectivity index (χ1v) is 6.20. The summed E-state index contributed by atoms with van der Waals surface area (Å²) in [5.74, 6) is 1.32. The predicted molar refractivity (Wildman–Crippen MR) is 60.1 cm³/mol. The van der Waals surface area contributed by atoms with Gasteiger partial charge in [0.15, 0.2) is 0 Å². The van der Waals surface area contributed by atoms with Crippen molar-refractivity contribution < 1.29 is 4.74 Å². The van der Waals surface area contributed by atoms with E-state index < -0.39 is 0 Å². The van der Waals surface area contributed by atoms with Crippen LogP contribution in [0.15, 0.2) is 11.8 Å². The molecule has 1 nitrogen and oxygen atoms in total. The number of hydrogen-bond acceptors (Lipinski definition) is 2. The van der Waals surface area contributed by atoms with Gasteiger partial charge in [-0.15, -0.1) is 0 Å². The van der Waals surface area contributed by atoms with Crippen LogP contribution < -0.4 is 0 Å². The van der Waals surface area contributed by atoms with E-state index in [9.17, 15) is 0 Å². The standard InChI is InChI=1S/C11H20OS/c1-10(2)8-12-9-11-6-4-3-5-7-13-11/h8,11H,3-7,9H2,1-2H3. The summed E-state index contributed by atoms with van der Waals surface area (Å²) in [5, 5.41) is 0.734. The maximum absolute atomic E-state index is 5.51. The molecule has 1 saturated heterocycles. The van der Waals surface area contributed by atoms with E-state index in [0.717, 1.165) is 11.9 Å². The molecule has 13 heavy (non-hydrogen) atoms. The zero-order valence-electron chi connectivity index (χ0n) is 8.71. The molecule has 1 unspecified atom stereocenters. The van der Waals surface area contributed by atoms with Crippen molar-refractivity contribution in [3.63, 3.8) is 0 Å². The molecule has 2 heteroatoms. The van der Waals surface area contributed by atoms with Gasteiger partial charge in [0.1, 0.15) is 0 Å². The Balaban J connectivity index is 2.15. The van der Waals surface area contributed by atoms with Crippen molar-refractivity contribution in [2.75, 3.05) is 12.4 Å². The van der Waals surface area contributed by atoms with Gasteiger partial charge in [0, 0.05) is 5.25 Å². The van der Waals surface area contributed by atoms with Crippen LogP contribution >= 0.6 is 11.8 Å². The fraction of sp³-hybridized carbons (Fsp3) is 0.818. The van der Waals surface area contributed by atoms with Crippen molar-refractivity contribution in [2.24, 2.45) is 0 Å². The highest BCUT2D eigenvalue weighted by atomic mass is 32.2. The minimum absolute atomic E-state index is 0.734. The molecular weight excluding hydrogens is 180 g/mol. The number of ether oxygens (including phenoxy) is 1. The first-order valence-electron chi connectivity index (χ1n) is 5.15. The van der Waals surface area contributed by atoms with Crippen molar-refractivity contribution in [1.82, 2.24) is 0 Å². The minimum Gasteiger partial charge on any atom is -0.500 e. The van der Waals surface area contributed by atoms with Crippen molar-refractivity contribution in [3.05, 3.63) is 11.8 Å². The third-order valence-corrected chi connectivity index (χ3v) is 3.49. The summed E-state index contributed by atoms with van der Waals surface area (Å²) in [6.07, 6.45) is 7.40. The van der Waals surface area contributed by atoms with Crippen molar-refractivity contribution in [2.45, 2.75) is 44.8 Å². The highest BCUT2D eigenvalue weighted by Crippen LogP contribution is 2.24. The number of hydrogen-bond donors (Lipinski definition) is 0. The van der Waals surface area contributed by atoms with Crippen LogP contribution in [0.2, 0.25) is 0 Å². The van der Waals surface area contributed by atoms with E-state index >= 15 is 0 Å². The quantitative estimate of drug-likeness (QED) is 0.644. The summed E-state index contributed by atoms with van der Waals surface area (Å²) >= 11 is 2.08. The van der Waals surface area contributed by atoms with E-state index in [4.69, 9.17) is 4.74 Å². The van der Waals surface area contributed by atoms with E-state index in [1.54, 1.807) is 0 Å². The first kappa shape index (κ1) is 11.0. The fourth-order valence-electron chi connectivity index (χ4n) is 1.44. The van der Waals surface area contributed by atoms with Crippen LogP contribution in [0, 0.1) is 0 Å². The van der Waals surface area contributed by atoms with Crippen LogP contribution in [0.4, 0.5) is 0 Å². The Morgan fingerprint density at radius 3 is 3.00 bits per heavy atom. The minimum atomic E-state index is 0.734. The second-order valence-corrected chi connectivity index (χ2v) is 5.28. The monoisotopic (exact) mass is 200 g/mol. The number of rotatable bonds is 3. The average Bonchev–Trinajstić information content (AvgIpc) is 2.32. The predicted octanol–water partition coefficient (Wildman–Crippen LogP) is 3.60. The Hall–Kier alpha value is -0.110.